The first kappa shape index (κ1) is 13.4. The average Bonchev–Trinajstić information content (AvgIpc) is 2.54. The molecular weight excluding hydrogens is 239 g/mol. The number of halogens is 3. The van der Waals surface area contributed by atoms with Crippen molar-refractivity contribution in [1.82, 2.24) is 4.98 Å². The fraction of sp³-hybridized carbons (Fsp3) is 0.167. The minimum atomic E-state index is -5.08. The van der Waals surface area contributed by atoms with Gasteiger partial charge in [-0.05, 0) is 0 Å². The van der Waals surface area contributed by atoms with Crippen molar-refractivity contribution in [3.8, 4) is 0 Å². The van der Waals surface area contributed by atoms with E-state index in [9.17, 15) is 18.0 Å². The molecule has 0 aliphatic carbocycles. The summed E-state index contributed by atoms with van der Waals surface area (Å²) in [4.78, 5) is 22.4. The number of carboxylic acid groups (broad SMARTS) is 2. The highest BCUT2D eigenvalue weighted by molar-refractivity contribution is 7.07. The van der Waals surface area contributed by atoms with E-state index in [1.54, 1.807) is 0 Å². The third-order valence-corrected chi connectivity index (χ3v) is 1.48. The van der Waals surface area contributed by atoms with E-state index in [-0.39, 0.29) is 5.69 Å². The predicted molar refractivity (Wildman–Crippen MR) is 42.8 cm³/mol. The number of carbonyl (C=O) groups is 2. The molecule has 2 N–H and O–H groups in total. The van der Waals surface area contributed by atoms with Gasteiger partial charge in [0, 0.05) is 5.38 Å². The molecular formula is C6H4F3NO4S. The van der Waals surface area contributed by atoms with Gasteiger partial charge in [0.2, 0.25) is 0 Å². The number of rotatable bonds is 1. The molecule has 15 heavy (non-hydrogen) atoms. The molecule has 1 aromatic heterocycles. The van der Waals surface area contributed by atoms with Crippen LogP contribution in [0.1, 0.15) is 10.5 Å². The van der Waals surface area contributed by atoms with E-state index in [4.69, 9.17) is 15.0 Å². The summed E-state index contributed by atoms with van der Waals surface area (Å²) in [6.45, 7) is 0. The van der Waals surface area contributed by atoms with Gasteiger partial charge in [0.25, 0.3) is 0 Å². The number of hydrogen-bond donors (Lipinski definition) is 2. The van der Waals surface area contributed by atoms with Crippen molar-refractivity contribution in [3.05, 3.63) is 16.6 Å². The summed E-state index contributed by atoms with van der Waals surface area (Å²) in [6.07, 6.45) is -5.08. The SMILES string of the molecule is O=C(O)C(F)(F)F.O=C(O)c1cscn1. The van der Waals surface area contributed by atoms with Crippen molar-refractivity contribution >= 4 is 23.3 Å². The van der Waals surface area contributed by atoms with E-state index in [2.05, 4.69) is 4.98 Å². The Hall–Kier alpha value is -1.64. The molecule has 1 aromatic rings. The summed E-state index contributed by atoms with van der Waals surface area (Å²) in [5, 5.41) is 16.8. The highest BCUT2D eigenvalue weighted by Crippen LogP contribution is 2.13. The number of aromatic carboxylic acids is 1. The van der Waals surface area contributed by atoms with Gasteiger partial charge in [-0.3, -0.25) is 0 Å². The Morgan fingerprint density at radius 3 is 1.93 bits per heavy atom. The summed E-state index contributed by atoms with van der Waals surface area (Å²) in [7, 11) is 0. The van der Waals surface area contributed by atoms with Crippen molar-refractivity contribution in [2.45, 2.75) is 6.18 Å². The first-order valence-corrected chi connectivity index (χ1v) is 4.11. The topological polar surface area (TPSA) is 87.5 Å². The van der Waals surface area contributed by atoms with Crippen LogP contribution in [0.3, 0.4) is 0 Å². The van der Waals surface area contributed by atoms with E-state index in [0.717, 1.165) is 0 Å². The number of aromatic nitrogens is 1. The number of alkyl halides is 3. The molecule has 5 nitrogen and oxygen atoms in total. The summed E-state index contributed by atoms with van der Waals surface area (Å²) in [5.41, 5.74) is 1.61. The summed E-state index contributed by atoms with van der Waals surface area (Å²) in [5.74, 6) is -3.72. The van der Waals surface area contributed by atoms with Gasteiger partial charge < -0.3 is 10.2 Å². The lowest BCUT2D eigenvalue weighted by atomic mass is 10.5. The number of nitrogens with zero attached hydrogens (tertiary/aromatic N) is 1. The zero-order chi connectivity index (χ0) is 12.1. The monoisotopic (exact) mass is 243 g/mol. The maximum atomic E-state index is 10.6. The Bertz CT molecular complexity index is 335. The van der Waals surface area contributed by atoms with Gasteiger partial charge in [-0.25, -0.2) is 14.6 Å². The fourth-order valence-electron chi connectivity index (χ4n) is 0.318. The molecule has 0 amide bonds. The lowest BCUT2D eigenvalue weighted by Gasteiger charge is -1.93. The van der Waals surface area contributed by atoms with Crippen molar-refractivity contribution in [3.63, 3.8) is 0 Å². The zero-order valence-corrected chi connectivity index (χ0v) is 7.67. The van der Waals surface area contributed by atoms with Gasteiger partial charge in [-0.1, -0.05) is 0 Å². The van der Waals surface area contributed by atoms with Crippen molar-refractivity contribution in [1.29, 1.82) is 0 Å². The van der Waals surface area contributed by atoms with Crippen LogP contribution < -0.4 is 0 Å². The van der Waals surface area contributed by atoms with Crippen molar-refractivity contribution < 1.29 is 33.0 Å². The Balaban J connectivity index is 0.000000265. The van der Waals surface area contributed by atoms with E-state index in [1.165, 1.54) is 22.2 Å². The molecule has 0 saturated heterocycles. The predicted octanol–water partition coefficient (Wildman–Crippen LogP) is 1.47. The van der Waals surface area contributed by atoms with Gasteiger partial charge in [0.1, 0.15) is 0 Å². The summed E-state index contributed by atoms with van der Waals surface area (Å²) < 4.78 is 31.7. The average molecular weight is 243 g/mol. The van der Waals surface area contributed by atoms with Crippen LogP contribution in [-0.4, -0.2) is 33.3 Å². The van der Waals surface area contributed by atoms with Crippen LogP contribution in [0.15, 0.2) is 10.9 Å². The molecule has 1 rings (SSSR count). The van der Waals surface area contributed by atoms with Crippen LogP contribution in [0.5, 0.6) is 0 Å². The van der Waals surface area contributed by atoms with Gasteiger partial charge >= 0.3 is 18.1 Å². The van der Waals surface area contributed by atoms with Gasteiger partial charge in [0.15, 0.2) is 5.69 Å². The number of hydrogen-bond acceptors (Lipinski definition) is 4. The lowest BCUT2D eigenvalue weighted by Crippen LogP contribution is -2.21. The summed E-state index contributed by atoms with van der Waals surface area (Å²) in [6, 6.07) is 0. The fourth-order valence-corrected chi connectivity index (χ4v) is 0.844. The minimum absolute atomic E-state index is 0.120. The smallest absolute Gasteiger partial charge is 0.476 e. The molecule has 0 unspecified atom stereocenters. The molecule has 9 heteroatoms. The Morgan fingerprint density at radius 2 is 1.80 bits per heavy atom. The molecule has 0 aliphatic heterocycles. The Labute approximate surface area is 84.8 Å². The highest BCUT2D eigenvalue weighted by atomic mass is 32.1. The maximum absolute atomic E-state index is 10.6. The quantitative estimate of drug-likeness (QED) is 0.779. The third kappa shape index (κ3) is 5.62. The first-order chi connectivity index (χ1) is 6.75. The van der Waals surface area contributed by atoms with Crippen LogP contribution in [0, 0.1) is 0 Å². The molecule has 1 heterocycles. The van der Waals surface area contributed by atoms with E-state index in [1.807, 2.05) is 0 Å². The van der Waals surface area contributed by atoms with Crippen LogP contribution in [0.25, 0.3) is 0 Å². The van der Waals surface area contributed by atoms with Crippen molar-refractivity contribution in [2.75, 3.05) is 0 Å². The second-order valence-electron chi connectivity index (χ2n) is 1.98. The number of carboxylic acids is 2. The molecule has 0 aliphatic rings. The second kappa shape index (κ2) is 5.29. The maximum Gasteiger partial charge on any atom is 0.490 e. The molecule has 0 radical (unpaired) electrons. The van der Waals surface area contributed by atoms with Gasteiger partial charge in [-0.2, -0.15) is 13.2 Å². The molecule has 0 aromatic carbocycles. The largest absolute Gasteiger partial charge is 0.490 e. The van der Waals surface area contributed by atoms with Crippen LogP contribution >= 0.6 is 11.3 Å². The normalized spacial score (nSPS) is 10.1. The van der Waals surface area contributed by atoms with Gasteiger partial charge in [0.05, 0.1) is 5.51 Å². The lowest BCUT2D eigenvalue weighted by molar-refractivity contribution is -0.192. The van der Waals surface area contributed by atoms with E-state index >= 15 is 0 Å². The van der Waals surface area contributed by atoms with E-state index < -0.39 is 18.1 Å². The standard InChI is InChI=1S/C4H3NO2S.C2HF3O2/c6-4(7)3-1-8-2-5-3;3-2(4,5)1(6)7/h1-2H,(H,6,7);(H,6,7). The molecule has 0 spiro atoms. The molecule has 84 valence electrons. The third-order valence-electron chi connectivity index (χ3n) is 0.894. The molecule has 0 bridgehead atoms. The summed E-state index contributed by atoms with van der Waals surface area (Å²) >= 11 is 1.28. The molecule has 0 fully saturated rings. The Kier molecular flexibility index (Phi) is 4.71. The highest BCUT2D eigenvalue weighted by Gasteiger charge is 2.38. The van der Waals surface area contributed by atoms with Crippen LogP contribution in [0.4, 0.5) is 13.2 Å². The van der Waals surface area contributed by atoms with Crippen LogP contribution in [-0.2, 0) is 4.79 Å². The molecule has 0 atom stereocenters. The second-order valence-corrected chi connectivity index (χ2v) is 2.70. The van der Waals surface area contributed by atoms with Gasteiger partial charge in [-0.15, -0.1) is 11.3 Å². The number of thiazole rings is 1. The first-order valence-electron chi connectivity index (χ1n) is 3.16. The minimum Gasteiger partial charge on any atom is -0.476 e. The number of aliphatic carboxylic acids is 1. The zero-order valence-electron chi connectivity index (χ0n) is 6.85. The van der Waals surface area contributed by atoms with Crippen molar-refractivity contribution in [2.24, 2.45) is 0 Å². The van der Waals surface area contributed by atoms with E-state index in [0.29, 0.717) is 0 Å². The van der Waals surface area contributed by atoms with Crippen LogP contribution in [0.2, 0.25) is 0 Å². The molecule has 0 saturated carbocycles. The Morgan fingerprint density at radius 1 is 1.33 bits per heavy atom.